The summed E-state index contributed by atoms with van der Waals surface area (Å²) in [7, 11) is 0. The van der Waals surface area contributed by atoms with Crippen LogP contribution in [-0.2, 0) is 0 Å². The van der Waals surface area contributed by atoms with Crippen molar-refractivity contribution >= 4 is 0 Å². The molecule has 0 atom stereocenters. The lowest BCUT2D eigenvalue weighted by atomic mass is 10.2. The Labute approximate surface area is 86.9 Å². The predicted octanol–water partition coefficient (Wildman–Crippen LogP) is 2.17. The summed E-state index contributed by atoms with van der Waals surface area (Å²) >= 11 is 0. The van der Waals surface area contributed by atoms with Gasteiger partial charge in [-0.25, -0.2) is 0 Å². The zero-order valence-corrected chi connectivity index (χ0v) is 8.92. The highest BCUT2D eigenvalue weighted by Crippen LogP contribution is 2.23. The van der Waals surface area contributed by atoms with Gasteiger partial charge in [-0.1, -0.05) is 12.8 Å². The Bertz CT molecular complexity index is 248. The highest BCUT2D eigenvalue weighted by atomic mass is 15.1. The highest BCUT2D eigenvalue weighted by molar-refractivity contribution is 4.96. The van der Waals surface area contributed by atoms with Gasteiger partial charge in [0.05, 0.1) is 12.6 Å². The van der Waals surface area contributed by atoms with E-state index in [0.717, 1.165) is 13.0 Å². The van der Waals surface area contributed by atoms with E-state index in [1.165, 1.54) is 25.7 Å². The van der Waals surface area contributed by atoms with Gasteiger partial charge < -0.3 is 0 Å². The maximum atomic E-state index is 8.73. The molecule has 0 saturated heterocycles. The van der Waals surface area contributed by atoms with E-state index in [9.17, 15) is 0 Å². The number of rotatable bonds is 4. The quantitative estimate of drug-likeness (QED) is 0.502. The molecule has 0 spiro atoms. The molecule has 0 N–H and O–H groups in total. The van der Waals surface area contributed by atoms with E-state index in [4.69, 9.17) is 5.26 Å². The molecule has 0 bridgehead atoms. The van der Waals surface area contributed by atoms with Crippen LogP contribution in [-0.4, -0.2) is 24.0 Å². The van der Waals surface area contributed by atoms with Gasteiger partial charge in [-0.05, 0) is 19.8 Å². The Hall–Kier alpha value is -0.990. The molecule has 1 saturated carbocycles. The first-order valence-corrected chi connectivity index (χ1v) is 5.39. The van der Waals surface area contributed by atoms with Gasteiger partial charge >= 0.3 is 0 Å². The summed E-state index contributed by atoms with van der Waals surface area (Å²) in [4.78, 5) is 2.29. The minimum Gasteiger partial charge on any atom is -0.287 e. The summed E-state index contributed by atoms with van der Waals surface area (Å²) in [6.07, 6.45) is 6.08. The van der Waals surface area contributed by atoms with Crippen molar-refractivity contribution in [1.82, 2.24) is 4.90 Å². The molecular weight excluding hydrogens is 172 g/mol. The molecule has 0 aliphatic heterocycles. The zero-order valence-electron chi connectivity index (χ0n) is 8.92. The lowest BCUT2D eigenvalue weighted by Crippen LogP contribution is -2.34. The van der Waals surface area contributed by atoms with Gasteiger partial charge in [-0.3, -0.25) is 4.90 Å². The largest absolute Gasteiger partial charge is 0.287 e. The van der Waals surface area contributed by atoms with Crippen LogP contribution in [0.2, 0.25) is 0 Å². The molecule has 0 aromatic rings. The molecule has 0 aromatic carbocycles. The fourth-order valence-corrected chi connectivity index (χ4v) is 2.08. The summed E-state index contributed by atoms with van der Waals surface area (Å²) in [5.74, 6) is 5.96. The van der Waals surface area contributed by atoms with Crippen LogP contribution >= 0.6 is 0 Å². The van der Waals surface area contributed by atoms with Crippen LogP contribution in [0.15, 0.2) is 0 Å². The lowest BCUT2D eigenvalue weighted by molar-refractivity contribution is 0.228. The smallest absolute Gasteiger partial charge is 0.0868 e. The van der Waals surface area contributed by atoms with Gasteiger partial charge in [-0.2, -0.15) is 5.26 Å². The maximum absolute atomic E-state index is 8.73. The van der Waals surface area contributed by atoms with Crippen molar-refractivity contribution in [1.29, 1.82) is 5.26 Å². The number of hydrogen-bond acceptors (Lipinski definition) is 2. The second kappa shape index (κ2) is 6.46. The molecular formula is C12H18N2. The van der Waals surface area contributed by atoms with Gasteiger partial charge in [-0.15, -0.1) is 11.8 Å². The van der Waals surface area contributed by atoms with Crippen LogP contribution in [0.1, 0.15) is 39.0 Å². The third-order valence-corrected chi connectivity index (χ3v) is 2.82. The first kappa shape index (κ1) is 11.1. The second-order valence-electron chi connectivity index (χ2n) is 3.74. The molecule has 2 heteroatoms. The van der Waals surface area contributed by atoms with Crippen molar-refractivity contribution in [2.45, 2.75) is 45.1 Å². The Kier molecular flexibility index (Phi) is 5.12. The molecule has 2 nitrogen and oxygen atoms in total. The molecule has 14 heavy (non-hydrogen) atoms. The van der Waals surface area contributed by atoms with E-state index < -0.39 is 0 Å². The van der Waals surface area contributed by atoms with Crippen molar-refractivity contribution in [3.63, 3.8) is 0 Å². The minimum atomic E-state index is 0.566. The summed E-state index contributed by atoms with van der Waals surface area (Å²) in [6, 6.07) is 2.90. The van der Waals surface area contributed by atoms with Gasteiger partial charge in [0.2, 0.25) is 0 Å². The Morgan fingerprint density at radius 3 is 2.64 bits per heavy atom. The van der Waals surface area contributed by atoms with E-state index in [0.29, 0.717) is 12.6 Å². The number of nitriles is 1. The topological polar surface area (TPSA) is 27.0 Å². The lowest BCUT2D eigenvalue weighted by Gasteiger charge is -2.25. The summed E-state index contributed by atoms with van der Waals surface area (Å²) in [5, 5.41) is 8.73. The van der Waals surface area contributed by atoms with Crippen LogP contribution in [0, 0.1) is 23.2 Å². The van der Waals surface area contributed by atoms with Crippen molar-refractivity contribution < 1.29 is 0 Å². The number of nitrogens with zero attached hydrogens (tertiary/aromatic N) is 2. The first-order valence-electron chi connectivity index (χ1n) is 5.39. The standard InChI is InChI=1S/C12H18N2/c1-2-3-6-10-14(11-9-13)12-7-4-5-8-12/h12H,4-8,10-11H2,1H3. The van der Waals surface area contributed by atoms with Crippen LogP contribution in [0.25, 0.3) is 0 Å². The van der Waals surface area contributed by atoms with E-state index in [-0.39, 0.29) is 0 Å². The van der Waals surface area contributed by atoms with E-state index in [1.54, 1.807) is 0 Å². The van der Waals surface area contributed by atoms with E-state index in [2.05, 4.69) is 22.8 Å². The average Bonchev–Trinajstić information content (AvgIpc) is 2.70. The zero-order chi connectivity index (χ0) is 10.2. The van der Waals surface area contributed by atoms with E-state index >= 15 is 0 Å². The Morgan fingerprint density at radius 2 is 2.07 bits per heavy atom. The third kappa shape index (κ3) is 3.40. The fraction of sp³-hybridized carbons (Fsp3) is 0.750. The molecule has 0 heterocycles. The van der Waals surface area contributed by atoms with Gasteiger partial charge in [0, 0.05) is 19.0 Å². The molecule has 1 rings (SSSR count). The average molecular weight is 190 g/mol. The molecule has 0 radical (unpaired) electrons. The minimum absolute atomic E-state index is 0.566. The van der Waals surface area contributed by atoms with Crippen LogP contribution in [0.5, 0.6) is 0 Å². The van der Waals surface area contributed by atoms with Crippen molar-refractivity contribution in [2.24, 2.45) is 0 Å². The van der Waals surface area contributed by atoms with Gasteiger partial charge in [0.15, 0.2) is 0 Å². The molecule has 1 aliphatic carbocycles. The molecule has 1 fully saturated rings. The fourth-order valence-electron chi connectivity index (χ4n) is 2.08. The van der Waals surface area contributed by atoms with E-state index in [1.807, 2.05) is 6.92 Å². The monoisotopic (exact) mass is 190 g/mol. The molecule has 1 aliphatic rings. The Morgan fingerprint density at radius 1 is 1.36 bits per heavy atom. The first-order chi connectivity index (χ1) is 6.88. The molecule has 0 unspecified atom stereocenters. The third-order valence-electron chi connectivity index (χ3n) is 2.82. The maximum Gasteiger partial charge on any atom is 0.0868 e. The van der Waals surface area contributed by atoms with Crippen LogP contribution in [0.4, 0.5) is 0 Å². The Balaban J connectivity index is 2.36. The predicted molar refractivity (Wildman–Crippen MR) is 57.5 cm³/mol. The van der Waals surface area contributed by atoms with Crippen molar-refractivity contribution in [3.05, 3.63) is 0 Å². The van der Waals surface area contributed by atoms with Crippen LogP contribution < -0.4 is 0 Å². The summed E-state index contributed by atoms with van der Waals surface area (Å²) in [6.45, 7) is 3.39. The normalized spacial score (nSPS) is 16.4. The summed E-state index contributed by atoms with van der Waals surface area (Å²) in [5.41, 5.74) is 0. The molecule has 76 valence electrons. The van der Waals surface area contributed by atoms with Crippen molar-refractivity contribution in [3.8, 4) is 17.9 Å². The van der Waals surface area contributed by atoms with Crippen LogP contribution in [0.3, 0.4) is 0 Å². The summed E-state index contributed by atoms with van der Waals surface area (Å²) < 4.78 is 0. The van der Waals surface area contributed by atoms with Crippen molar-refractivity contribution in [2.75, 3.05) is 13.1 Å². The SMILES string of the molecule is CC#CCCN(CC#N)C1CCCC1. The van der Waals surface area contributed by atoms with Gasteiger partial charge in [0.25, 0.3) is 0 Å². The number of hydrogen-bond donors (Lipinski definition) is 0. The van der Waals surface area contributed by atoms with Gasteiger partial charge in [0.1, 0.15) is 0 Å². The molecule has 0 amide bonds. The molecule has 0 aromatic heterocycles. The highest BCUT2D eigenvalue weighted by Gasteiger charge is 2.21. The second-order valence-corrected chi connectivity index (χ2v) is 3.74.